The molecule has 0 spiro atoms. The molecule has 0 fully saturated rings. The number of pyridine rings is 1. The SMILES string of the molecule is O=C(CC(=O)Nc1cccc2cccnc12)Nc1ccccc1Br. The lowest BCUT2D eigenvalue weighted by Crippen LogP contribution is -2.21. The number of anilines is 2. The van der Waals surface area contributed by atoms with E-state index in [-0.39, 0.29) is 12.3 Å². The first-order chi connectivity index (χ1) is 11.6. The first-order valence-corrected chi connectivity index (χ1v) is 8.11. The van der Waals surface area contributed by atoms with Gasteiger partial charge in [0, 0.05) is 16.1 Å². The van der Waals surface area contributed by atoms with Crippen molar-refractivity contribution in [3.05, 3.63) is 65.3 Å². The van der Waals surface area contributed by atoms with Crippen LogP contribution in [0.4, 0.5) is 11.4 Å². The van der Waals surface area contributed by atoms with E-state index >= 15 is 0 Å². The summed E-state index contributed by atoms with van der Waals surface area (Å²) in [5.74, 6) is -0.773. The third-order valence-electron chi connectivity index (χ3n) is 3.38. The topological polar surface area (TPSA) is 71.1 Å². The highest BCUT2D eigenvalue weighted by atomic mass is 79.9. The summed E-state index contributed by atoms with van der Waals surface area (Å²) >= 11 is 3.35. The number of fused-ring (bicyclic) bond motifs is 1. The standard InChI is InChI=1S/C18H14BrN3O2/c19-13-7-1-2-8-14(13)21-16(23)11-17(24)22-15-9-3-5-12-6-4-10-20-18(12)15/h1-10H,11H2,(H,21,23)(H,22,24). The normalized spacial score (nSPS) is 10.4. The zero-order valence-electron chi connectivity index (χ0n) is 12.6. The number of para-hydroxylation sites is 2. The molecule has 1 heterocycles. The van der Waals surface area contributed by atoms with Crippen LogP contribution in [-0.4, -0.2) is 16.8 Å². The molecule has 0 bridgehead atoms. The number of halogens is 1. The Hall–Kier alpha value is -2.73. The predicted octanol–water partition coefficient (Wildman–Crippen LogP) is 3.96. The van der Waals surface area contributed by atoms with Gasteiger partial charge in [0.15, 0.2) is 0 Å². The smallest absolute Gasteiger partial charge is 0.233 e. The molecule has 120 valence electrons. The molecular weight excluding hydrogens is 370 g/mol. The number of nitrogens with one attached hydrogen (secondary N) is 2. The largest absolute Gasteiger partial charge is 0.325 e. The molecule has 0 aliphatic carbocycles. The van der Waals surface area contributed by atoms with E-state index in [2.05, 4.69) is 31.5 Å². The zero-order valence-corrected chi connectivity index (χ0v) is 14.2. The number of carbonyl (C=O) groups excluding carboxylic acids is 2. The lowest BCUT2D eigenvalue weighted by atomic mass is 10.2. The second-order valence-corrected chi connectivity index (χ2v) is 5.99. The van der Waals surface area contributed by atoms with Gasteiger partial charge in [-0.3, -0.25) is 14.6 Å². The molecule has 0 saturated carbocycles. The van der Waals surface area contributed by atoms with Crippen LogP contribution in [0, 0.1) is 0 Å². The van der Waals surface area contributed by atoms with Gasteiger partial charge in [0.1, 0.15) is 6.42 Å². The van der Waals surface area contributed by atoms with Crippen molar-refractivity contribution in [2.75, 3.05) is 10.6 Å². The second-order valence-electron chi connectivity index (χ2n) is 5.13. The minimum atomic E-state index is -0.391. The van der Waals surface area contributed by atoms with Crippen molar-refractivity contribution in [3.63, 3.8) is 0 Å². The van der Waals surface area contributed by atoms with Gasteiger partial charge < -0.3 is 10.6 Å². The van der Waals surface area contributed by atoms with Gasteiger partial charge in [-0.1, -0.05) is 30.3 Å². The van der Waals surface area contributed by atoms with Gasteiger partial charge in [-0.2, -0.15) is 0 Å². The summed E-state index contributed by atoms with van der Waals surface area (Å²) < 4.78 is 0.761. The third-order valence-corrected chi connectivity index (χ3v) is 4.07. The Kier molecular flexibility index (Phi) is 4.86. The minimum absolute atomic E-state index is 0.273. The maximum absolute atomic E-state index is 12.1. The summed E-state index contributed by atoms with van der Waals surface area (Å²) in [4.78, 5) is 28.4. The Morgan fingerprint density at radius 3 is 2.33 bits per heavy atom. The average molecular weight is 384 g/mol. The monoisotopic (exact) mass is 383 g/mol. The fourth-order valence-electron chi connectivity index (χ4n) is 2.30. The van der Waals surface area contributed by atoms with Crippen LogP contribution in [0.15, 0.2) is 65.3 Å². The van der Waals surface area contributed by atoms with Gasteiger partial charge in [-0.25, -0.2) is 0 Å². The summed E-state index contributed by atoms with van der Waals surface area (Å²) in [5, 5.41) is 6.37. The Morgan fingerprint density at radius 1 is 0.875 bits per heavy atom. The van der Waals surface area contributed by atoms with Crippen LogP contribution in [0.5, 0.6) is 0 Å². The molecule has 2 aromatic carbocycles. The lowest BCUT2D eigenvalue weighted by molar-refractivity contribution is -0.123. The molecule has 3 rings (SSSR count). The van der Waals surface area contributed by atoms with Gasteiger partial charge >= 0.3 is 0 Å². The first kappa shape index (κ1) is 16.1. The molecule has 0 aliphatic heterocycles. The number of nitrogens with zero attached hydrogens (tertiary/aromatic N) is 1. The molecule has 3 aromatic rings. The van der Waals surface area contributed by atoms with E-state index in [1.165, 1.54) is 0 Å². The van der Waals surface area contributed by atoms with E-state index < -0.39 is 5.91 Å². The Bertz CT molecular complexity index is 906. The Labute approximate surface area is 147 Å². The summed E-state index contributed by atoms with van der Waals surface area (Å²) in [6, 6.07) is 16.5. The van der Waals surface area contributed by atoms with E-state index in [0.717, 1.165) is 9.86 Å². The van der Waals surface area contributed by atoms with Gasteiger partial charge in [-0.15, -0.1) is 0 Å². The van der Waals surface area contributed by atoms with E-state index in [1.807, 2.05) is 42.5 Å². The van der Waals surface area contributed by atoms with E-state index in [0.29, 0.717) is 16.9 Å². The van der Waals surface area contributed by atoms with Gasteiger partial charge in [0.25, 0.3) is 0 Å². The Balaban J connectivity index is 1.67. The number of hydrogen-bond acceptors (Lipinski definition) is 3. The summed E-state index contributed by atoms with van der Waals surface area (Å²) in [6.07, 6.45) is 1.39. The first-order valence-electron chi connectivity index (χ1n) is 7.31. The third kappa shape index (κ3) is 3.78. The molecule has 0 radical (unpaired) electrons. The van der Waals surface area contributed by atoms with Crippen LogP contribution in [0.25, 0.3) is 10.9 Å². The van der Waals surface area contributed by atoms with Crippen molar-refractivity contribution < 1.29 is 9.59 Å². The predicted molar refractivity (Wildman–Crippen MR) is 97.8 cm³/mol. The number of hydrogen-bond donors (Lipinski definition) is 2. The Morgan fingerprint density at radius 2 is 1.54 bits per heavy atom. The molecule has 1 aromatic heterocycles. The summed E-state index contributed by atoms with van der Waals surface area (Å²) in [6.45, 7) is 0. The second kappa shape index (κ2) is 7.23. The van der Waals surface area contributed by atoms with Crippen LogP contribution in [0.3, 0.4) is 0 Å². The fraction of sp³-hybridized carbons (Fsp3) is 0.0556. The van der Waals surface area contributed by atoms with E-state index in [1.54, 1.807) is 18.3 Å². The number of benzene rings is 2. The molecule has 0 unspecified atom stereocenters. The molecule has 2 amide bonds. The summed E-state index contributed by atoms with van der Waals surface area (Å²) in [5.41, 5.74) is 1.91. The van der Waals surface area contributed by atoms with Crippen molar-refractivity contribution in [3.8, 4) is 0 Å². The quantitative estimate of drug-likeness (QED) is 0.669. The highest BCUT2D eigenvalue weighted by Crippen LogP contribution is 2.22. The van der Waals surface area contributed by atoms with Crippen molar-refractivity contribution in [2.24, 2.45) is 0 Å². The highest BCUT2D eigenvalue weighted by Gasteiger charge is 2.12. The minimum Gasteiger partial charge on any atom is -0.325 e. The fourth-order valence-corrected chi connectivity index (χ4v) is 2.69. The van der Waals surface area contributed by atoms with Crippen molar-refractivity contribution >= 4 is 50.0 Å². The molecule has 5 nitrogen and oxygen atoms in total. The van der Waals surface area contributed by atoms with Crippen molar-refractivity contribution in [1.82, 2.24) is 4.98 Å². The number of rotatable bonds is 4. The molecule has 0 saturated heterocycles. The molecule has 24 heavy (non-hydrogen) atoms. The molecule has 2 N–H and O–H groups in total. The summed E-state index contributed by atoms with van der Waals surface area (Å²) in [7, 11) is 0. The van der Waals surface area contributed by atoms with Crippen molar-refractivity contribution in [2.45, 2.75) is 6.42 Å². The number of carbonyl (C=O) groups is 2. The molecule has 0 atom stereocenters. The van der Waals surface area contributed by atoms with E-state index in [9.17, 15) is 9.59 Å². The lowest BCUT2D eigenvalue weighted by Gasteiger charge is -2.09. The number of amides is 2. The van der Waals surface area contributed by atoms with Gasteiger partial charge in [0.2, 0.25) is 11.8 Å². The highest BCUT2D eigenvalue weighted by molar-refractivity contribution is 9.10. The van der Waals surface area contributed by atoms with Gasteiger partial charge in [0.05, 0.1) is 16.9 Å². The number of aromatic nitrogens is 1. The molecular formula is C18H14BrN3O2. The van der Waals surface area contributed by atoms with Crippen LogP contribution < -0.4 is 10.6 Å². The van der Waals surface area contributed by atoms with Crippen LogP contribution in [0.1, 0.15) is 6.42 Å². The van der Waals surface area contributed by atoms with E-state index in [4.69, 9.17) is 0 Å². The van der Waals surface area contributed by atoms with Crippen LogP contribution in [-0.2, 0) is 9.59 Å². The average Bonchev–Trinajstić information content (AvgIpc) is 2.57. The zero-order chi connectivity index (χ0) is 16.9. The molecule has 0 aliphatic rings. The maximum atomic E-state index is 12.1. The van der Waals surface area contributed by atoms with Crippen LogP contribution >= 0.6 is 15.9 Å². The van der Waals surface area contributed by atoms with Crippen LogP contribution in [0.2, 0.25) is 0 Å². The maximum Gasteiger partial charge on any atom is 0.233 e. The van der Waals surface area contributed by atoms with Gasteiger partial charge in [-0.05, 0) is 40.2 Å². The van der Waals surface area contributed by atoms with Crippen molar-refractivity contribution in [1.29, 1.82) is 0 Å². The molecule has 6 heteroatoms.